The quantitative estimate of drug-likeness (QED) is 0.836. The number of halogens is 3. The minimum absolute atomic E-state index is 0.117. The van der Waals surface area contributed by atoms with E-state index in [-0.39, 0.29) is 16.6 Å². The fraction of sp³-hybridized carbons (Fsp3) is 0.500. The van der Waals surface area contributed by atoms with Crippen LogP contribution in [0.4, 0.5) is 18.9 Å². The van der Waals surface area contributed by atoms with Gasteiger partial charge in [0.05, 0.1) is 5.56 Å². The predicted molar refractivity (Wildman–Crippen MR) is 86.1 cm³/mol. The van der Waals surface area contributed by atoms with Crippen LogP contribution < -0.4 is 10.6 Å². The van der Waals surface area contributed by atoms with Crippen molar-refractivity contribution in [3.63, 3.8) is 0 Å². The van der Waals surface area contributed by atoms with E-state index < -0.39 is 11.7 Å². The molecule has 2 atom stereocenters. The van der Waals surface area contributed by atoms with Crippen molar-refractivity contribution < 1.29 is 13.2 Å². The molecule has 7 heteroatoms. The number of thioether (sulfide) groups is 1. The van der Waals surface area contributed by atoms with Gasteiger partial charge in [0.25, 0.3) is 0 Å². The Labute approximate surface area is 131 Å². The molecule has 2 rings (SSSR count). The SMILES string of the molecule is CC1SCCN(c2ccc(C(N)=S)c(C(F)(F)F)c2)C1C. The van der Waals surface area contributed by atoms with E-state index in [1.165, 1.54) is 6.07 Å². The lowest BCUT2D eigenvalue weighted by Crippen LogP contribution is -2.44. The van der Waals surface area contributed by atoms with Crippen LogP contribution in [0.2, 0.25) is 0 Å². The summed E-state index contributed by atoms with van der Waals surface area (Å²) >= 11 is 6.56. The average molecular weight is 334 g/mol. The van der Waals surface area contributed by atoms with E-state index >= 15 is 0 Å². The Bertz CT molecular complexity index is 546. The molecule has 0 aromatic heterocycles. The number of nitrogens with two attached hydrogens (primary N) is 1. The lowest BCUT2D eigenvalue weighted by atomic mass is 10.0. The minimum atomic E-state index is -4.46. The second kappa shape index (κ2) is 6.04. The van der Waals surface area contributed by atoms with Crippen LogP contribution >= 0.6 is 24.0 Å². The maximum absolute atomic E-state index is 13.2. The van der Waals surface area contributed by atoms with Gasteiger partial charge in [-0.2, -0.15) is 24.9 Å². The van der Waals surface area contributed by atoms with Crippen molar-refractivity contribution in [2.75, 3.05) is 17.2 Å². The zero-order chi connectivity index (χ0) is 15.8. The lowest BCUT2D eigenvalue weighted by molar-refractivity contribution is -0.137. The van der Waals surface area contributed by atoms with E-state index in [0.717, 1.165) is 18.4 Å². The predicted octanol–water partition coefficient (Wildman–Crippen LogP) is 3.67. The second-order valence-corrected chi connectivity index (χ2v) is 7.03. The van der Waals surface area contributed by atoms with E-state index in [4.69, 9.17) is 18.0 Å². The third kappa shape index (κ3) is 3.45. The van der Waals surface area contributed by atoms with Crippen LogP contribution in [-0.4, -0.2) is 28.6 Å². The molecule has 0 saturated carbocycles. The fourth-order valence-corrected chi connectivity index (χ4v) is 3.74. The summed E-state index contributed by atoms with van der Waals surface area (Å²) in [6, 6.07) is 4.39. The summed E-state index contributed by atoms with van der Waals surface area (Å²) in [7, 11) is 0. The van der Waals surface area contributed by atoms with Crippen molar-refractivity contribution >= 4 is 34.7 Å². The summed E-state index contributed by atoms with van der Waals surface area (Å²) < 4.78 is 39.6. The molecular weight excluding hydrogens is 317 g/mol. The highest BCUT2D eigenvalue weighted by Crippen LogP contribution is 2.36. The van der Waals surface area contributed by atoms with Crippen LogP contribution in [0.3, 0.4) is 0 Å². The smallest absolute Gasteiger partial charge is 0.389 e. The first-order chi connectivity index (χ1) is 9.71. The van der Waals surface area contributed by atoms with E-state index in [2.05, 4.69) is 6.92 Å². The first-order valence-electron chi connectivity index (χ1n) is 6.61. The third-order valence-electron chi connectivity index (χ3n) is 3.79. The molecule has 116 valence electrons. The van der Waals surface area contributed by atoms with Crippen LogP contribution in [0.1, 0.15) is 25.0 Å². The molecule has 0 bridgehead atoms. The average Bonchev–Trinajstić information content (AvgIpc) is 2.40. The third-order valence-corrected chi connectivity index (χ3v) is 5.35. The van der Waals surface area contributed by atoms with E-state index in [0.29, 0.717) is 10.9 Å². The van der Waals surface area contributed by atoms with Gasteiger partial charge in [0, 0.05) is 34.8 Å². The maximum atomic E-state index is 13.2. The molecule has 2 unspecified atom stereocenters. The van der Waals surface area contributed by atoms with Crippen LogP contribution in [-0.2, 0) is 6.18 Å². The molecule has 2 nitrogen and oxygen atoms in total. The zero-order valence-electron chi connectivity index (χ0n) is 11.8. The highest BCUT2D eigenvalue weighted by molar-refractivity contribution is 8.00. The minimum Gasteiger partial charge on any atom is -0.389 e. The molecule has 1 aliphatic heterocycles. The van der Waals surface area contributed by atoms with Crippen LogP contribution in [0.5, 0.6) is 0 Å². The molecule has 0 radical (unpaired) electrons. The van der Waals surface area contributed by atoms with Crippen molar-refractivity contribution in [2.24, 2.45) is 5.73 Å². The molecule has 2 N–H and O–H groups in total. The van der Waals surface area contributed by atoms with Crippen molar-refractivity contribution in [3.8, 4) is 0 Å². The highest BCUT2D eigenvalue weighted by Gasteiger charge is 2.35. The largest absolute Gasteiger partial charge is 0.417 e. The molecule has 0 spiro atoms. The maximum Gasteiger partial charge on any atom is 0.417 e. The summed E-state index contributed by atoms with van der Waals surface area (Å²) in [5, 5.41) is 0.378. The summed E-state index contributed by atoms with van der Waals surface area (Å²) in [5.74, 6) is 0.907. The Hall–Kier alpha value is -0.950. The Morgan fingerprint density at radius 3 is 2.62 bits per heavy atom. The van der Waals surface area contributed by atoms with Gasteiger partial charge in [0.1, 0.15) is 4.99 Å². The van der Waals surface area contributed by atoms with E-state index in [1.807, 2.05) is 23.6 Å². The summed E-state index contributed by atoms with van der Waals surface area (Å²) in [4.78, 5) is 1.78. The standard InChI is InChI=1S/C14H17F3N2S2/c1-8-9(2)21-6-5-19(8)10-3-4-11(13(18)20)12(7-10)14(15,16)17/h3-4,7-9H,5-6H2,1-2H3,(H2,18,20). The monoisotopic (exact) mass is 334 g/mol. The second-order valence-electron chi connectivity index (χ2n) is 5.10. The Morgan fingerprint density at radius 2 is 2.05 bits per heavy atom. The first kappa shape index (κ1) is 16.4. The van der Waals surface area contributed by atoms with Crippen molar-refractivity contribution in [1.29, 1.82) is 0 Å². The number of alkyl halides is 3. The van der Waals surface area contributed by atoms with Crippen molar-refractivity contribution in [1.82, 2.24) is 0 Å². The number of benzene rings is 1. The zero-order valence-corrected chi connectivity index (χ0v) is 13.4. The van der Waals surface area contributed by atoms with Gasteiger partial charge in [0.15, 0.2) is 0 Å². The molecule has 21 heavy (non-hydrogen) atoms. The molecule has 1 saturated heterocycles. The molecule has 1 fully saturated rings. The number of nitrogens with zero attached hydrogens (tertiary/aromatic N) is 1. The molecule has 0 amide bonds. The van der Waals surface area contributed by atoms with Gasteiger partial charge in [0.2, 0.25) is 0 Å². The summed E-state index contributed by atoms with van der Waals surface area (Å²) in [5.41, 5.74) is 5.10. The number of hydrogen-bond donors (Lipinski definition) is 1. The van der Waals surface area contributed by atoms with Gasteiger partial charge in [-0.3, -0.25) is 0 Å². The van der Waals surface area contributed by atoms with Gasteiger partial charge in [-0.15, -0.1) is 0 Å². The summed E-state index contributed by atoms with van der Waals surface area (Å²) in [6.07, 6.45) is -4.46. The van der Waals surface area contributed by atoms with E-state index in [9.17, 15) is 13.2 Å². The number of hydrogen-bond acceptors (Lipinski definition) is 3. The Balaban J connectivity index is 2.44. The molecule has 1 heterocycles. The van der Waals surface area contributed by atoms with Crippen LogP contribution in [0.25, 0.3) is 0 Å². The van der Waals surface area contributed by atoms with Crippen molar-refractivity contribution in [2.45, 2.75) is 31.3 Å². The molecular formula is C14H17F3N2S2. The highest BCUT2D eigenvalue weighted by atomic mass is 32.2. The van der Waals surface area contributed by atoms with Crippen LogP contribution in [0, 0.1) is 0 Å². The Kier molecular flexibility index (Phi) is 4.72. The molecule has 1 aromatic rings. The Morgan fingerprint density at radius 1 is 1.38 bits per heavy atom. The first-order valence-corrected chi connectivity index (χ1v) is 8.07. The van der Waals surface area contributed by atoms with Gasteiger partial charge in [-0.05, 0) is 25.1 Å². The van der Waals surface area contributed by atoms with Gasteiger partial charge >= 0.3 is 6.18 Å². The van der Waals surface area contributed by atoms with Gasteiger partial charge in [-0.25, -0.2) is 0 Å². The number of thiocarbonyl (C=S) groups is 1. The molecule has 1 aliphatic rings. The lowest BCUT2D eigenvalue weighted by Gasteiger charge is -2.39. The van der Waals surface area contributed by atoms with E-state index in [1.54, 1.807) is 6.07 Å². The summed E-state index contributed by atoms with van der Waals surface area (Å²) in [6.45, 7) is 4.86. The normalized spacial score (nSPS) is 23.2. The fourth-order valence-electron chi connectivity index (χ4n) is 2.46. The van der Waals surface area contributed by atoms with Crippen LogP contribution in [0.15, 0.2) is 18.2 Å². The topological polar surface area (TPSA) is 29.3 Å². The van der Waals surface area contributed by atoms with Gasteiger partial charge in [-0.1, -0.05) is 19.1 Å². The number of anilines is 1. The van der Waals surface area contributed by atoms with Crippen molar-refractivity contribution in [3.05, 3.63) is 29.3 Å². The number of rotatable bonds is 2. The molecule has 0 aliphatic carbocycles. The molecule has 1 aromatic carbocycles. The van der Waals surface area contributed by atoms with Gasteiger partial charge < -0.3 is 10.6 Å².